The highest BCUT2D eigenvalue weighted by atomic mass is 79.9. The number of hydrogen-bond donors (Lipinski definition) is 1. The van der Waals surface area contributed by atoms with Gasteiger partial charge in [0.25, 0.3) is 0 Å². The smallest absolute Gasteiger partial charge is 0.147 e. The fourth-order valence-corrected chi connectivity index (χ4v) is 2.98. The van der Waals surface area contributed by atoms with Crippen molar-refractivity contribution >= 4 is 27.5 Å². The van der Waals surface area contributed by atoms with E-state index in [1.54, 1.807) is 12.1 Å². The first-order chi connectivity index (χ1) is 10.1. The van der Waals surface area contributed by atoms with Crippen LogP contribution in [0.5, 0.6) is 0 Å². The minimum atomic E-state index is -0.361. The molecule has 0 fully saturated rings. The summed E-state index contributed by atoms with van der Waals surface area (Å²) in [7, 11) is 0. The van der Waals surface area contributed by atoms with Gasteiger partial charge >= 0.3 is 0 Å². The summed E-state index contributed by atoms with van der Waals surface area (Å²) in [5.74, 6) is -0.224. The van der Waals surface area contributed by atoms with Gasteiger partial charge in [-0.15, -0.1) is 0 Å². The zero-order chi connectivity index (χ0) is 15.4. The van der Waals surface area contributed by atoms with Crippen molar-refractivity contribution in [1.82, 2.24) is 5.32 Å². The highest BCUT2D eigenvalue weighted by Crippen LogP contribution is 2.36. The van der Waals surface area contributed by atoms with Crippen molar-refractivity contribution in [2.24, 2.45) is 0 Å². The van der Waals surface area contributed by atoms with Gasteiger partial charge in [0, 0.05) is 22.0 Å². The van der Waals surface area contributed by atoms with E-state index in [1.165, 1.54) is 5.56 Å². The van der Waals surface area contributed by atoms with Crippen LogP contribution in [0, 0.1) is 5.82 Å². The lowest BCUT2D eigenvalue weighted by atomic mass is 9.88. The Hall–Kier alpha value is -0.900. The third-order valence-electron chi connectivity index (χ3n) is 3.65. The van der Waals surface area contributed by atoms with Crippen molar-refractivity contribution in [3.8, 4) is 0 Å². The third-order valence-corrected chi connectivity index (χ3v) is 4.91. The van der Waals surface area contributed by atoms with E-state index < -0.39 is 0 Å². The standard InChI is InChI=1S/C17H18BrClFN/c1-3-21-17(11(2)12-7-5-4-6-8-12)13-9-10-14(18)15(19)16(13)20/h4-11,17,21H,3H2,1-2H3. The van der Waals surface area contributed by atoms with Crippen LogP contribution < -0.4 is 5.32 Å². The Bertz CT molecular complexity index is 603. The van der Waals surface area contributed by atoms with E-state index in [0.717, 1.165) is 6.54 Å². The van der Waals surface area contributed by atoms with Crippen LogP contribution in [-0.2, 0) is 0 Å². The van der Waals surface area contributed by atoms with E-state index in [-0.39, 0.29) is 22.8 Å². The van der Waals surface area contributed by atoms with Crippen LogP contribution in [0.1, 0.15) is 36.9 Å². The maximum absolute atomic E-state index is 14.5. The van der Waals surface area contributed by atoms with Gasteiger partial charge in [-0.2, -0.15) is 0 Å². The van der Waals surface area contributed by atoms with Gasteiger partial charge in [0.2, 0.25) is 0 Å². The minimum absolute atomic E-state index is 0.122. The second-order valence-electron chi connectivity index (χ2n) is 5.00. The Labute approximate surface area is 138 Å². The molecule has 0 amide bonds. The molecule has 1 nitrogen and oxygen atoms in total. The van der Waals surface area contributed by atoms with Crippen LogP contribution in [0.15, 0.2) is 46.9 Å². The van der Waals surface area contributed by atoms with Crippen molar-refractivity contribution in [2.45, 2.75) is 25.8 Å². The molecule has 0 aliphatic heterocycles. The van der Waals surface area contributed by atoms with Crippen LogP contribution in [0.2, 0.25) is 5.02 Å². The number of benzene rings is 2. The Morgan fingerprint density at radius 2 is 1.86 bits per heavy atom. The van der Waals surface area contributed by atoms with Crippen molar-refractivity contribution in [3.05, 3.63) is 68.9 Å². The fraction of sp³-hybridized carbons (Fsp3) is 0.294. The molecule has 2 aromatic rings. The van der Waals surface area contributed by atoms with E-state index in [4.69, 9.17) is 11.6 Å². The maximum Gasteiger partial charge on any atom is 0.147 e. The molecular weight excluding hydrogens is 353 g/mol. The van der Waals surface area contributed by atoms with Gasteiger partial charge in [0.1, 0.15) is 5.82 Å². The van der Waals surface area contributed by atoms with Gasteiger partial charge in [-0.1, -0.05) is 61.8 Å². The fourth-order valence-electron chi connectivity index (χ4n) is 2.51. The van der Waals surface area contributed by atoms with Gasteiger partial charge < -0.3 is 5.32 Å². The number of hydrogen-bond acceptors (Lipinski definition) is 1. The predicted molar refractivity (Wildman–Crippen MR) is 90.4 cm³/mol. The van der Waals surface area contributed by atoms with E-state index in [1.807, 2.05) is 25.1 Å². The lowest BCUT2D eigenvalue weighted by Crippen LogP contribution is -2.26. The molecule has 2 unspecified atom stereocenters. The van der Waals surface area contributed by atoms with Crippen LogP contribution in [0.25, 0.3) is 0 Å². The van der Waals surface area contributed by atoms with Crippen molar-refractivity contribution in [2.75, 3.05) is 6.54 Å². The molecule has 21 heavy (non-hydrogen) atoms. The number of rotatable bonds is 5. The third kappa shape index (κ3) is 3.65. The molecule has 0 bridgehead atoms. The predicted octanol–water partition coefficient (Wildman–Crippen LogP) is 5.70. The normalized spacial score (nSPS) is 14.0. The Balaban J connectivity index is 2.42. The van der Waals surface area contributed by atoms with Crippen LogP contribution >= 0.6 is 27.5 Å². The lowest BCUT2D eigenvalue weighted by Gasteiger charge is -2.26. The largest absolute Gasteiger partial charge is 0.310 e. The average molecular weight is 371 g/mol. The Morgan fingerprint density at radius 1 is 1.19 bits per heavy atom. The summed E-state index contributed by atoms with van der Waals surface area (Å²) in [6.07, 6.45) is 0. The van der Waals surface area contributed by atoms with Gasteiger partial charge in [-0.3, -0.25) is 0 Å². The molecule has 2 atom stereocenters. The first-order valence-electron chi connectivity index (χ1n) is 6.98. The summed E-state index contributed by atoms with van der Waals surface area (Å²) in [5.41, 5.74) is 1.77. The zero-order valence-electron chi connectivity index (χ0n) is 12.0. The monoisotopic (exact) mass is 369 g/mol. The van der Waals surface area contributed by atoms with Crippen molar-refractivity contribution in [3.63, 3.8) is 0 Å². The van der Waals surface area contributed by atoms with Crippen LogP contribution in [0.4, 0.5) is 4.39 Å². The molecule has 0 aromatic heterocycles. The molecule has 0 aliphatic carbocycles. The second-order valence-corrected chi connectivity index (χ2v) is 6.23. The van der Waals surface area contributed by atoms with E-state index in [0.29, 0.717) is 10.0 Å². The molecule has 4 heteroatoms. The summed E-state index contributed by atoms with van der Waals surface area (Å²) in [4.78, 5) is 0. The van der Waals surface area contributed by atoms with E-state index in [2.05, 4.69) is 40.3 Å². The molecule has 0 saturated carbocycles. The number of halogens is 3. The summed E-state index contributed by atoms with van der Waals surface area (Å²) in [5, 5.41) is 3.51. The second kappa shape index (κ2) is 7.39. The molecule has 2 aromatic carbocycles. The molecule has 1 N–H and O–H groups in total. The molecule has 112 valence electrons. The van der Waals surface area contributed by atoms with E-state index >= 15 is 0 Å². The molecular formula is C17H18BrClFN. The summed E-state index contributed by atoms with van der Waals surface area (Å²) in [6.45, 7) is 4.87. The first-order valence-corrected chi connectivity index (χ1v) is 8.15. The Morgan fingerprint density at radius 3 is 2.48 bits per heavy atom. The maximum atomic E-state index is 14.5. The van der Waals surface area contributed by atoms with Gasteiger partial charge in [-0.25, -0.2) is 4.39 Å². The minimum Gasteiger partial charge on any atom is -0.310 e. The summed E-state index contributed by atoms with van der Waals surface area (Å²) < 4.78 is 15.1. The number of nitrogens with one attached hydrogen (secondary N) is 1. The van der Waals surface area contributed by atoms with E-state index in [9.17, 15) is 4.39 Å². The average Bonchev–Trinajstić information content (AvgIpc) is 2.51. The molecule has 0 aliphatic rings. The van der Waals surface area contributed by atoms with Gasteiger partial charge in [0.15, 0.2) is 0 Å². The summed E-state index contributed by atoms with van der Waals surface area (Å²) >= 11 is 9.29. The Kier molecular flexibility index (Phi) is 5.80. The number of likely N-dealkylation sites (N-methyl/N-ethyl adjacent to an activating group) is 1. The highest BCUT2D eigenvalue weighted by Gasteiger charge is 2.24. The molecule has 0 radical (unpaired) electrons. The van der Waals surface area contributed by atoms with Gasteiger partial charge in [0.05, 0.1) is 5.02 Å². The molecule has 0 spiro atoms. The molecule has 0 saturated heterocycles. The lowest BCUT2D eigenvalue weighted by molar-refractivity contribution is 0.456. The van der Waals surface area contributed by atoms with Crippen molar-refractivity contribution in [1.29, 1.82) is 0 Å². The quantitative estimate of drug-likeness (QED) is 0.666. The zero-order valence-corrected chi connectivity index (χ0v) is 14.4. The first kappa shape index (κ1) is 16.5. The van der Waals surface area contributed by atoms with Crippen LogP contribution in [-0.4, -0.2) is 6.54 Å². The topological polar surface area (TPSA) is 12.0 Å². The van der Waals surface area contributed by atoms with Crippen LogP contribution in [0.3, 0.4) is 0 Å². The summed E-state index contributed by atoms with van der Waals surface area (Å²) in [6, 6.07) is 13.6. The molecule has 0 heterocycles. The highest BCUT2D eigenvalue weighted by molar-refractivity contribution is 9.10. The SMILES string of the molecule is CCNC(c1ccc(Br)c(Cl)c1F)C(C)c1ccccc1. The van der Waals surface area contributed by atoms with Crippen molar-refractivity contribution < 1.29 is 4.39 Å². The molecule has 2 rings (SSSR count). The van der Waals surface area contributed by atoms with Gasteiger partial charge in [-0.05, 0) is 34.1 Å².